The third-order valence-electron chi connectivity index (χ3n) is 3.42. The average molecular weight is 269 g/mol. The fourth-order valence-electron chi connectivity index (χ4n) is 2.32. The molecule has 1 fully saturated rings. The molecule has 1 aromatic heterocycles. The molecule has 1 heterocycles. The molecule has 1 aliphatic rings. The number of carbonyl (C=O) groups is 1. The van der Waals surface area contributed by atoms with Crippen molar-refractivity contribution in [1.82, 2.24) is 20.1 Å². The number of nitrogens with one attached hydrogen (secondary N) is 1. The maximum absolute atomic E-state index is 11.8. The van der Waals surface area contributed by atoms with Gasteiger partial charge in [0.05, 0.1) is 0 Å². The monoisotopic (exact) mass is 269 g/mol. The topological polar surface area (TPSA) is 85.8 Å². The van der Waals surface area contributed by atoms with Crippen LogP contribution in [0, 0.1) is 0 Å². The maximum atomic E-state index is 11.8. The van der Waals surface area contributed by atoms with Crippen LogP contribution >= 0.6 is 11.8 Å². The normalized spacial score (nSPS) is 17.8. The van der Waals surface area contributed by atoms with Crippen molar-refractivity contribution in [2.24, 2.45) is 0 Å². The Hall–Kier alpha value is -1.24. The van der Waals surface area contributed by atoms with Gasteiger partial charge in [0, 0.05) is 11.3 Å². The van der Waals surface area contributed by atoms with Gasteiger partial charge in [-0.05, 0) is 19.1 Å². The molecular formula is C11H19N5OS. The highest BCUT2D eigenvalue weighted by molar-refractivity contribution is 8.00. The van der Waals surface area contributed by atoms with Crippen molar-refractivity contribution >= 4 is 23.6 Å². The minimum absolute atomic E-state index is 0.0415. The average Bonchev–Trinajstić information content (AvgIpc) is 2.97. The largest absolute Gasteiger partial charge is 0.367 e. The Labute approximate surface area is 111 Å². The van der Waals surface area contributed by atoms with Crippen LogP contribution in [-0.4, -0.2) is 38.2 Å². The van der Waals surface area contributed by atoms with E-state index in [1.54, 1.807) is 0 Å². The molecule has 1 saturated carbocycles. The Bertz CT molecular complexity index is 413. The number of nitrogens with two attached hydrogens (primary N) is 1. The lowest BCUT2D eigenvalue weighted by molar-refractivity contribution is -0.121. The van der Waals surface area contributed by atoms with Crippen LogP contribution in [0.25, 0.3) is 0 Å². The van der Waals surface area contributed by atoms with Crippen molar-refractivity contribution in [3.8, 4) is 0 Å². The van der Waals surface area contributed by atoms with Crippen LogP contribution in [0.2, 0.25) is 0 Å². The number of nitrogens with zero attached hydrogens (tertiary/aromatic N) is 3. The van der Waals surface area contributed by atoms with Crippen molar-refractivity contribution in [2.75, 3.05) is 18.5 Å². The Kier molecular flexibility index (Phi) is 4.11. The van der Waals surface area contributed by atoms with Gasteiger partial charge in [0.2, 0.25) is 11.9 Å². The van der Waals surface area contributed by atoms with E-state index in [1.165, 1.54) is 36.7 Å². The first-order valence-corrected chi connectivity index (χ1v) is 7.33. The molecule has 1 aromatic rings. The number of aromatic nitrogens is 3. The molecule has 0 bridgehead atoms. The lowest BCUT2D eigenvalue weighted by atomic mass is 10.1. The number of hydrogen-bond donors (Lipinski definition) is 2. The molecular weight excluding hydrogens is 250 g/mol. The number of hydrogen-bond acceptors (Lipinski definition) is 5. The Morgan fingerprint density at radius 1 is 1.61 bits per heavy atom. The summed E-state index contributed by atoms with van der Waals surface area (Å²) in [5, 5.41) is 6.87. The standard InChI is InChI=1S/C11H19N5OS/c1-18-11(4-2-3-5-11)7-13-9(17)6-16-8-14-10(12)15-16/h8H,2-7H2,1H3,(H2,12,15)(H,13,17). The molecule has 0 aliphatic heterocycles. The second kappa shape index (κ2) is 5.60. The number of anilines is 1. The van der Waals surface area contributed by atoms with Crippen LogP contribution in [0.3, 0.4) is 0 Å². The predicted molar refractivity (Wildman–Crippen MR) is 72.2 cm³/mol. The Morgan fingerprint density at radius 3 is 2.89 bits per heavy atom. The zero-order valence-electron chi connectivity index (χ0n) is 10.6. The smallest absolute Gasteiger partial charge is 0.241 e. The van der Waals surface area contributed by atoms with Crippen LogP contribution in [0.1, 0.15) is 25.7 Å². The highest BCUT2D eigenvalue weighted by Gasteiger charge is 2.33. The molecule has 1 aliphatic carbocycles. The van der Waals surface area contributed by atoms with E-state index in [0.29, 0.717) is 0 Å². The van der Waals surface area contributed by atoms with E-state index in [4.69, 9.17) is 5.73 Å². The van der Waals surface area contributed by atoms with Gasteiger partial charge in [0.15, 0.2) is 0 Å². The molecule has 2 rings (SSSR count). The van der Waals surface area contributed by atoms with E-state index in [-0.39, 0.29) is 23.1 Å². The molecule has 7 heteroatoms. The zero-order valence-corrected chi connectivity index (χ0v) is 11.4. The van der Waals surface area contributed by atoms with Gasteiger partial charge in [-0.25, -0.2) is 9.67 Å². The summed E-state index contributed by atoms with van der Waals surface area (Å²) in [6.07, 6.45) is 8.48. The highest BCUT2D eigenvalue weighted by atomic mass is 32.2. The second-order valence-corrected chi connectivity index (χ2v) is 5.95. The van der Waals surface area contributed by atoms with Gasteiger partial charge in [-0.1, -0.05) is 12.8 Å². The third-order valence-corrected chi connectivity index (χ3v) is 4.83. The molecule has 0 saturated heterocycles. The maximum Gasteiger partial charge on any atom is 0.241 e. The number of rotatable bonds is 5. The number of nitrogen functional groups attached to an aromatic ring is 1. The highest BCUT2D eigenvalue weighted by Crippen LogP contribution is 2.39. The number of amides is 1. The summed E-state index contributed by atoms with van der Waals surface area (Å²) < 4.78 is 1.68. The van der Waals surface area contributed by atoms with Crippen molar-refractivity contribution in [3.63, 3.8) is 0 Å². The summed E-state index contributed by atoms with van der Waals surface area (Å²) in [7, 11) is 0. The lowest BCUT2D eigenvalue weighted by Crippen LogP contribution is -2.39. The fraction of sp³-hybridized carbons (Fsp3) is 0.727. The number of carbonyl (C=O) groups excluding carboxylic acids is 1. The summed E-state index contributed by atoms with van der Waals surface area (Å²) in [6.45, 7) is 0.909. The number of thioether (sulfide) groups is 1. The van der Waals surface area contributed by atoms with E-state index in [2.05, 4.69) is 21.7 Å². The summed E-state index contributed by atoms with van der Waals surface area (Å²) in [6, 6.07) is 0. The molecule has 0 unspecified atom stereocenters. The SMILES string of the molecule is CSC1(CNC(=O)Cn2cnc(N)n2)CCCC1. The van der Waals surface area contributed by atoms with E-state index < -0.39 is 0 Å². The van der Waals surface area contributed by atoms with Gasteiger partial charge in [0.25, 0.3) is 0 Å². The minimum Gasteiger partial charge on any atom is -0.367 e. The van der Waals surface area contributed by atoms with Crippen LogP contribution in [0.5, 0.6) is 0 Å². The molecule has 6 nitrogen and oxygen atoms in total. The van der Waals surface area contributed by atoms with Crippen LogP contribution < -0.4 is 11.1 Å². The predicted octanol–water partition coefficient (Wildman–Crippen LogP) is 0.652. The van der Waals surface area contributed by atoms with E-state index in [9.17, 15) is 4.79 Å². The first-order valence-electron chi connectivity index (χ1n) is 6.10. The Balaban J connectivity index is 1.81. The molecule has 100 valence electrons. The summed E-state index contributed by atoms with van der Waals surface area (Å²) in [5.74, 6) is 0.152. The van der Waals surface area contributed by atoms with Crippen LogP contribution in [0.15, 0.2) is 6.33 Å². The quantitative estimate of drug-likeness (QED) is 0.820. The third kappa shape index (κ3) is 3.16. The molecule has 0 aromatic carbocycles. The summed E-state index contributed by atoms with van der Waals surface area (Å²) in [5.41, 5.74) is 5.39. The molecule has 0 radical (unpaired) electrons. The molecule has 0 spiro atoms. The first-order chi connectivity index (χ1) is 8.63. The lowest BCUT2D eigenvalue weighted by Gasteiger charge is -2.26. The van der Waals surface area contributed by atoms with Gasteiger partial charge in [0.1, 0.15) is 12.9 Å². The molecule has 18 heavy (non-hydrogen) atoms. The summed E-state index contributed by atoms with van der Waals surface area (Å²) in [4.78, 5) is 15.6. The van der Waals surface area contributed by atoms with E-state index >= 15 is 0 Å². The molecule has 3 N–H and O–H groups in total. The van der Waals surface area contributed by atoms with Gasteiger partial charge in [-0.15, -0.1) is 5.10 Å². The second-order valence-electron chi connectivity index (χ2n) is 4.67. The minimum atomic E-state index is -0.0415. The van der Waals surface area contributed by atoms with E-state index in [1.807, 2.05) is 11.8 Å². The van der Waals surface area contributed by atoms with Gasteiger partial charge in [-0.3, -0.25) is 4.79 Å². The molecule has 1 amide bonds. The zero-order chi connectivity index (χ0) is 13.0. The fourth-order valence-corrected chi connectivity index (χ4v) is 3.23. The van der Waals surface area contributed by atoms with Crippen molar-refractivity contribution < 1.29 is 4.79 Å². The van der Waals surface area contributed by atoms with Crippen molar-refractivity contribution in [2.45, 2.75) is 37.0 Å². The van der Waals surface area contributed by atoms with Crippen LogP contribution in [-0.2, 0) is 11.3 Å². The summed E-state index contributed by atoms with van der Waals surface area (Å²) >= 11 is 1.86. The van der Waals surface area contributed by atoms with Crippen molar-refractivity contribution in [3.05, 3.63) is 6.33 Å². The van der Waals surface area contributed by atoms with Crippen molar-refractivity contribution in [1.29, 1.82) is 0 Å². The molecule has 0 atom stereocenters. The van der Waals surface area contributed by atoms with E-state index in [0.717, 1.165) is 6.54 Å². The van der Waals surface area contributed by atoms with Gasteiger partial charge >= 0.3 is 0 Å². The first kappa shape index (κ1) is 13.2. The Morgan fingerprint density at radius 2 is 2.33 bits per heavy atom. The van der Waals surface area contributed by atoms with Gasteiger partial charge in [-0.2, -0.15) is 11.8 Å². The van der Waals surface area contributed by atoms with Crippen LogP contribution in [0.4, 0.5) is 5.95 Å². The van der Waals surface area contributed by atoms with Gasteiger partial charge < -0.3 is 11.1 Å².